The number of hydrogen-bond donors (Lipinski definition) is 2. The maximum absolute atomic E-state index is 11.1. The van der Waals surface area contributed by atoms with E-state index in [4.69, 9.17) is 0 Å². The van der Waals surface area contributed by atoms with Crippen molar-refractivity contribution >= 4 is 18.8 Å². The maximum atomic E-state index is 11.1. The number of hydrogen-bond acceptors (Lipinski definition) is 2. The van der Waals surface area contributed by atoms with E-state index in [-0.39, 0.29) is 6.03 Å². The van der Waals surface area contributed by atoms with Gasteiger partial charge in [-0.15, -0.1) is 0 Å². The highest BCUT2D eigenvalue weighted by Gasteiger charge is 2.06. The lowest BCUT2D eigenvalue weighted by Gasteiger charge is -2.15. The monoisotopic (exact) mass is 190 g/mol. The number of rotatable bonds is 5. The first-order chi connectivity index (χ1) is 5.72. The van der Waals surface area contributed by atoms with Gasteiger partial charge in [-0.05, 0) is 12.8 Å². The van der Waals surface area contributed by atoms with Crippen molar-refractivity contribution in [3.05, 3.63) is 0 Å². The molecule has 0 aromatic rings. The largest absolute Gasteiger partial charge is 0.337 e. The average Bonchev–Trinajstić information content (AvgIpc) is 2.10. The van der Waals surface area contributed by atoms with Gasteiger partial charge in [0.15, 0.2) is 0 Å². The Balaban J connectivity index is 3.47. The van der Waals surface area contributed by atoms with Gasteiger partial charge in [-0.1, -0.05) is 33.1 Å². The van der Waals surface area contributed by atoms with Crippen LogP contribution in [0.2, 0.25) is 0 Å². The van der Waals surface area contributed by atoms with Crippen molar-refractivity contribution in [3.63, 3.8) is 0 Å². The lowest BCUT2D eigenvalue weighted by atomic mass is 10.3. The summed E-state index contributed by atoms with van der Waals surface area (Å²) in [6.45, 7) is 5.55. The number of unbranched alkanes of at least 4 members (excludes halogenated alkanes) is 1. The van der Waals surface area contributed by atoms with E-state index in [1.54, 1.807) is 0 Å². The van der Waals surface area contributed by atoms with Crippen LogP contribution in [0.15, 0.2) is 0 Å². The zero-order chi connectivity index (χ0) is 9.40. The summed E-state index contributed by atoms with van der Waals surface area (Å²) in [7, 11) is 0. The highest BCUT2D eigenvalue weighted by Crippen LogP contribution is 1.98. The molecule has 0 bridgehead atoms. The molecular formula is C8H18N2OS. The molecule has 2 amide bonds. The fraction of sp³-hybridized carbons (Fsp3) is 0.875. The molecule has 4 heteroatoms. The van der Waals surface area contributed by atoms with Gasteiger partial charge in [-0.2, -0.15) is 0 Å². The van der Waals surface area contributed by atoms with Gasteiger partial charge in [0, 0.05) is 13.1 Å². The van der Waals surface area contributed by atoms with E-state index in [9.17, 15) is 4.79 Å². The first-order valence-corrected chi connectivity index (χ1v) is 4.86. The van der Waals surface area contributed by atoms with Crippen molar-refractivity contribution < 1.29 is 4.79 Å². The molecule has 0 aliphatic carbocycles. The lowest BCUT2D eigenvalue weighted by molar-refractivity contribution is 0.226. The molecule has 0 aliphatic heterocycles. The van der Waals surface area contributed by atoms with Gasteiger partial charge in [0.1, 0.15) is 0 Å². The molecule has 0 aromatic heterocycles. The number of nitrogens with one attached hydrogen (secondary N) is 1. The zero-order valence-corrected chi connectivity index (χ0v) is 8.73. The Hall–Kier alpha value is -0.380. The highest BCUT2D eigenvalue weighted by molar-refractivity contribution is 7.78. The SMILES string of the molecule is CCCCN(S)C(=O)NCCC. The van der Waals surface area contributed by atoms with Gasteiger partial charge in [0.05, 0.1) is 0 Å². The van der Waals surface area contributed by atoms with Crippen LogP contribution in [0.3, 0.4) is 0 Å². The summed E-state index contributed by atoms with van der Waals surface area (Å²) >= 11 is 4.05. The summed E-state index contributed by atoms with van der Waals surface area (Å²) in [6, 6.07) is -0.0892. The Bertz CT molecular complexity index is 130. The van der Waals surface area contributed by atoms with Gasteiger partial charge in [-0.3, -0.25) is 4.31 Å². The number of carbonyl (C=O) groups is 1. The van der Waals surface area contributed by atoms with Gasteiger partial charge in [-0.25, -0.2) is 4.79 Å². The molecule has 0 aliphatic rings. The predicted octanol–water partition coefficient (Wildman–Crippen LogP) is 2.05. The fourth-order valence-corrected chi connectivity index (χ4v) is 0.945. The summed E-state index contributed by atoms with van der Waals surface area (Å²) in [5.74, 6) is 0. The molecule has 0 saturated heterocycles. The number of amides is 2. The molecule has 0 aromatic carbocycles. The van der Waals surface area contributed by atoms with Crippen molar-refractivity contribution in [2.24, 2.45) is 0 Å². The molecule has 72 valence electrons. The highest BCUT2D eigenvalue weighted by atomic mass is 32.1. The topological polar surface area (TPSA) is 32.3 Å². The average molecular weight is 190 g/mol. The van der Waals surface area contributed by atoms with Gasteiger partial charge in [0.2, 0.25) is 0 Å². The third-order valence-electron chi connectivity index (χ3n) is 1.48. The second-order valence-electron chi connectivity index (χ2n) is 2.71. The molecule has 0 saturated carbocycles. The van der Waals surface area contributed by atoms with E-state index in [1.165, 1.54) is 4.31 Å². The van der Waals surface area contributed by atoms with Crippen molar-refractivity contribution in [2.75, 3.05) is 13.1 Å². The summed E-state index contributed by atoms with van der Waals surface area (Å²) in [5, 5.41) is 2.75. The summed E-state index contributed by atoms with van der Waals surface area (Å²) in [6.07, 6.45) is 3.04. The Morgan fingerprint density at radius 1 is 1.42 bits per heavy atom. The minimum Gasteiger partial charge on any atom is -0.337 e. The quantitative estimate of drug-likeness (QED) is 0.639. The van der Waals surface area contributed by atoms with Gasteiger partial charge in [0.25, 0.3) is 0 Å². The predicted molar refractivity (Wildman–Crippen MR) is 54.3 cm³/mol. The van der Waals surface area contributed by atoms with Crippen molar-refractivity contribution in [3.8, 4) is 0 Å². The number of thiol groups is 1. The van der Waals surface area contributed by atoms with Crippen molar-refractivity contribution in [2.45, 2.75) is 33.1 Å². The minimum atomic E-state index is -0.0892. The summed E-state index contributed by atoms with van der Waals surface area (Å²) < 4.78 is 1.43. The lowest BCUT2D eigenvalue weighted by Crippen LogP contribution is -2.34. The summed E-state index contributed by atoms with van der Waals surface area (Å²) in [4.78, 5) is 11.1. The standard InChI is InChI=1S/C8H18N2OS/c1-3-5-7-10(12)8(11)9-6-4-2/h12H,3-7H2,1-2H3,(H,9,11). The van der Waals surface area contributed by atoms with E-state index in [0.29, 0.717) is 0 Å². The van der Waals surface area contributed by atoms with Gasteiger partial charge >= 0.3 is 6.03 Å². The summed E-state index contributed by atoms with van der Waals surface area (Å²) in [5.41, 5.74) is 0. The van der Waals surface area contributed by atoms with Crippen LogP contribution in [-0.2, 0) is 0 Å². The molecule has 3 nitrogen and oxygen atoms in total. The number of urea groups is 1. The van der Waals surface area contributed by atoms with Crippen LogP contribution < -0.4 is 5.32 Å². The minimum absolute atomic E-state index is 0.0892. The van der Waals surface area contributed by atoms with E-state index in [0.717, 1.165) is 32.4 Å². The molecule has 0 heterocycles. The van der Waals surface area contributed by atoms with E-state index >= 15 is 0 Å². The fourth-order valence-electron chi connectivity index (χ4n) is 0.733. The van der Waals surface area contributed by atoms with E-state index in [2.05, 4.69) is 25.1 Å². The first-order valence-electron chi connectivity index (χ1n) is 4.46. The van der Waals surface area contributed by atoms with E-state index < -0.39 is 0 Å². The Kier molecular flexibility index (Phi) is 7.05. The molecule has 0 rings (SSSR count). The molecule has 0 radical (unpaired) electrons. The zero-order valence-electron chi connectivity index (χ0n) is 7.84. The van der Waals surface area contributed by atoms with E-state index in [1.807, 2.05) is 6.92 Å². The molecule has 0 spiro atoms. The van der Waals surface area contributed by atoms with Crippen LogP contribution in [-0.4, -0.2) is 23.4 Å². The molecule has 0 fully saturated rings. The van der Waals surface area contributed by atoms with Crippen LogP contribution >= 0.6 is 12.8 Å². The Labute approximate surface area is 80.1 Å². The van der Waals surface area contributed by atoms with Crippen LogP contribution in [0.4, 0.5) is 4.79 Å². The first kappa shape index (κ1) is 11.6. The van der Waals surface area contributed by atoms with Crippen LogP contribution in [0.25, 0.3) is 0 Å². The van der Waals surface area contributed by atoms with Crippen molar-refractivity contribution in [1.29, 1.82) is 0 Å². The third-order valence-corrected chi connectivity index (χ3v) is 1.87. The smallest absolute Gasteiger partial charge is 0.327 e. The molecule has 1 N–H and O–H groups in total. The molecule has 0 unspecified atom stereocenters. The normalized spacial score (nSPS) is 9.58. The maximum Gasteiger partial charge on any atom is 0.327 e. The second-order valence-corrected chi connectivity index (χ2v) is 3.19. The Morgan fingerprint density at radius 2 is 2.08 bits per heavy atom. The van der Waals surface area contributed by atoms with Crippen LogP contribution in [0, 0.1) is 0 Å². The van der Waals surface area contributed by atoms with Crippen molar-refractivity contribution in [1.82, 2.24) is 9.62 Å². The second kappa shape index (κ2) is 7.28. The Morgan fingerprint density at radius 3 is 2.58 bits per heavy atom. The van der Waals surface area contributed by atoms with Crippen LogP contribution in [0.1, 0.15) is 33.1 Å². The van der Waals surface area contributed by atoms with Gasteiger partial charge < -0.3 is 5.32 Å². The molecule has 0 atom stereocenters. The third kappa shape index (κ3) is 5.29. The molecule has 12 heavy (non-hydrogen) atoms. The number of nitrogens with zero attached hydrogens (tertiary/aromatic N) is 1. The van der Waals surface area contributed by atoms with Crippen LogP contribution in [0.5, 0.6) is 0 Å². The molecular weight excluding hydrogens is 172 g/mol. The number of carbonyl (C=O) groups excluding carboxylic acids is 1.